The number of carbonyl (C=O) groups excluding carboxylic acids is 2. The highest BCUT2D eigenvalue weighted by atomic mass is 79.9. The molecule has 196 valence electrons. The number of hydrogen-bond acceptors (Lipinski definition) is 3. The number of halogens is 2. The number of ether oxygens (including phenoxy) is 1. The normalized spacial score (nSPS) is 12.1. The van der Waals surface area contributed by atoms with E-state index in [0.717, 1.165) is 27.6 Å². The molecule has 37 heavy (non-hydrogen) atoms. The van der Waals surface area contributed by atoms with Crippen LogP contribution < -0.4 is 10.1 Å². The lowest BCUT2D eigenvalue weighted by molar-refractivity contribution is -0.143. The Bertz CT molecular complexity index is 1190. The van der Waals surface area contributed by atoms with Gasteiger partial charge in [0.1, 0.15) is 11.8 Å². The third-order valence-electron chi connectivity index (χ3n) is 5.79. The molecule has 3 rings (SSSR count). The van der Waals surface area contributed by atoms with Crippen LogP contribution in [-0.4, -0.2) is 34.9 Å². The van der Waals surface area contributed by atoms with Crippen LogP contribution in [0.3, 0.4) is 0 Å². The monoisotopic (exact) mass is 584 g/mol. The van der Waals surface area contributed by atoms with Crippen LogP contribution in [0.25, 0.3) is 0 Å². The molecule has 0 fully saturated rings. The average Bonchev–Trinajstić information content (AvgIpc) is 2.85. The molecule has 0 saturated heterocycles. The van der Waals surface area contributed by atoms with E-state index in [2.05, 4.69) is 28.2 Å². The van der Waals surface area contributed by atoms with Gasteiger partial charge in [0.2, 0.25) is 5.91 Å². The lowest BCUT2D eigenvalue weighted by atomic mass is 10.0. The molecule has 0 aliphatic carbocycles. The predicted molar refractivity (Wildman–Crippen MR) is 153 cm³/mol. The molecule has 5 nitrogen and oxygen atoms in total. The first-order valence-corrected chi connectivity index (χ1v) is 13.5. The summed E-state index contributed by atoms with van der Waals surface area (Å²) in [5, 5.41) is 3.67. The SMILES string of the molecule is CCc1ccc(OCC(=O)N(Cc2ccc(Cl)cc2)[C@@H](Cc2ccccc2)C(=O)NC(C)(C)C)c(Br)c1. The minimum absolute atomic E-state index is 0.203. The number of aryl methyl sites for hydroxylation is 1. The maximum Gasteiger partial charge on any atom is 0.261 e. The molecule has 0 aromatic heterocycles. The topological polar surface area (TPSA) is 58.6 Å². The molecule has 0 radical (unpaired) electrons. The Morgan fingerprint density at radius 3 is 2.22 bits per heavy atom. The van der Waals surface area contributed by atoms with E-state index in [1.807, 2.05) is 81.4 Å². The molecule has 1 N–H and O–H groups in total. The minimum Gasteiger partial charge on any atom is -0.483 e. The maximum atomic E-state index is 13.7. The van der Waals surface area contributed by atoms with E-state index in [9.17, 15) is 9.59 Å². The van der Waals surface area contributed by atoms with Gasteiger partial charge in [-0.3, -0.25) is 9.59 Å². The zero-order valence-corrected chi connectivity index (χ0v) is 24.1. The fourth-order valence-electron chi connectivity index (χ4n) is 3.90. The van der Waals surface area contributed by atoms with Crippen molar-refractivity contribution in [2.45, 2.75) is 58.7 Å². The van der Waals surface area contributed by atoms with Crippen LogP contribution >= 0.6 is 27.5 Å². The van der Waals surface area contributed by atoms with Gasteiger partial charge in [0.05, 0.1) is 4.47 Å². The van der Waals surface area contributed by atoms with Gasteiger partial charge in [-0.2, -0.15) is 0 Å². The van der Waals surface area contributed by atoms with Gasteiger partial charge in [-0.15, -0.1) is 0 Å². The lowest BCUT2D eigenvalue weighted by Gasteiger charge is -2.33. The van der Waals surface area contributed by atoms with Gasteiger partial charge in [0.25, 0.3) is 5.91 Å². The number of amides is 2. The Morgan fingerprint density at radius 2 is 1.62 bits per heavy atom. The van der Waals surface area contributed by atoms with Crippen molar-refractivity contribution in [2.75, 3.05) is 6.61 Å². The number of nitrogens with zero attached hydrogens (tertiary/aromatic N) is 1. The van der Waals surface area contributed by atoms with E-state index in [0.29, 0.717) is 17.2 Å². The van der Waals surface area contributed by atoms with Crippen molar-refractivity contribution >= 4 is 39.3 Å². The Kier molecular flexibility index (Phi) is 10.2. The number of benzene rings is 3. The molecule has 0 bridgehead atoms. The summed E-state index contributed by atoms with van der Waals surface area (Å²) in [6.45, 7) is 7.90. The van der Waals surface area contributed by atoms with Crippen LogP contribution in [0.2, 0.25) is 5.02 Å². The predicted octanol–water partition coefficient (Wildman–Crippen LogP) is 6.60. The van der Waals surface area contributed by atoms with Crippen LogP contribution in [0.5, 0.6) is 5.75 Å². The van der Waals surface area contributed by atoms with Gasteiger partial charge in [-0.05, 0) is 84.1 Å². The molecule has 0 saturated carbocycles. The summed E-state index contributed by atoms with van der Waals surface area (Å²) in [4.78, 5) is 28.9. The maximum absolute atomic E-state index is 13.7. The van der Waals surface area contributed by atoms with Gasteiger partial charge in [0.15, 0.2) is 6.61 Å². The summed E-state index contributed by atoms with van der Waals surface area (Å²) in [7, 11) is 0. The van der Waals surface area contributed by atoms with Crippen molar-refractivity contribution in [2.24, 2.45) is 0 Å². The van der Waals surface area contributed by atoms with Crippen molar-refractivity contribution in [3.05, 3.63) is 99.0 Å². The van der Waals surface area contributed by atoms with Gasteiger partial charge in [0, 0.05) is 23.5 Å². The lowest BCUT2D eigenvalue weighted by Crippen LogP contribution is -2.55. The third-order valence-corrected chi connectivity index (χ3v) is 6.66. The molecule has 0 unspecified atom stereocenters. The fraction of sp³-hybridized carbons (Fsp3) is 0.333. The van der Waals surface area contributed by atoms with E-state index < -0.39 is 11.6 Å². The van der Waals surface area contributed by atoms with Crippen LogP contribution in [-0.2, 0) is 29.0 Å². The van der Waals surface area contributed by atoms with Crippen molar-refractivity contribution < 1.29 is 14.3 Å². The zero-order chi connectivity index (χ0) is 27.0. The molecule has 7 heteroatoms. The van der Waals surface area contributed by atoms with Crippen LogP contribution in [0, 0.1) is 0 Å². The molecule has 0 heterocycles. The highest BCUT2D eigenvalue weighted by Crippen LogP contribution is 2.26. The molecule has 1 atom stereocenters. The minimum atomic E-state index is -0.737. The Morgan fingerprint density at radius 1 is 0.973 bits per heavy atom. The number of hydrogen-bond donors (Lipinski definition) is 1. The molecule has 3 aromatic carbocycles. The summed E-state index contributed by atoms with van der Waals surface area (Å²) >= 11 is 9.63. The quantitative estimate of drug-likeness (QED) is 0.292. The molecule has 0 spiro atoms. The van der Waals surface area contributed by atoms with Crippen molar-refractivity contribution in [3.8, 4) is 5.75 Å². The first-order valence-electron chi connectivity index (χ1n) is 12.4. The molecular formula is C30H34BrClN2O3. The van der Waals surface area contributed by atoms with Crippen LogP contribution in [0.4, 0.5) is 0 Å². The number of rotatable bonds is 10. The molecule has 0 aliphatic heterocycles. The Hall–Kier alpha value is -2.83. The zero-order valence-electron chi connectivity index (χ0n) is 21.8. The van der Waals surface area contributed by atoms with Gasteiger partial charge in [-0.1, -0.05) is 67.1 Å². The van der Waals surface area contributed by atoms with E-state index >= 15 is 0 Å². The molecular weight excluding hydrogens is 552 g/mol. The second-order valence-corrected chi connectivity index (χ2v) is 11.3. The average molecular weight is 586 g/mol. The van der Waals surface area contributed by atoms with Crippen LogP contribution in [0.15, 0.2) is 77.3 Å². The summed E-state index contributed by atoms with van der Waals surface area (Å²) in [6, 6.07) is 22.1. The van der Waals surface area contributed by atoms with Crippen molar-refractivity contribution in [1.82, 2.24) is 10.2 Å². The standard InChI is InChI=1S/C30H34BrClN2O3/c1-5-21-13-16-27(25(31)17-21)37-20-28(35)34(19-23-11-14-24(32)15-12-23)26(29(36)33-30(2,3)4)18-22-9-7-6-8-10-22/h6-17,26H,5,18-20H2,1-4H3,(H,33,36)/t26-/m0/s1. The Balaban J connectivity index is 1.92. The molecule has 3 aromatic rings. The fourth-order valence-corrected chi connectivity index (χ4v) is 4.56. The summed E-state index contributed by atoms with van der Waals surface area (Å²) in [6.07, 6.45) is 1.27. The number of carbonyl (C=O) groups is 2. The third kappa shape index (κ3) is 8.90. The second kappa shape index (κ2) is 13.1. The van der Waals surface area contributed by atoms with E-state index in [4.69, 9.17) is 16.3 Å². The first-order chi connectivity index (χ1) is 17.6. The Labute approximate surface area is 233 Å². The summed E-state index contributed by atoms with van der Waals surface area (Å²) < 4.78 is 6.71. The van der Waals surface area contributed by atoms with Gasteiger partial charge in [-0.25, -0.2) is 0 Å². The molecule has 0 aliphatic rings. The highest BCUT2D eigenvalue weighted by Gasteiger charge is 2.32. The van der Waals surface area contributed by atoms with Crippen molar-refractivity contribution in [3.63, 3.8) is 0 Å². The van der Waals surface area contributed by atoms with Gasteiger partial charge >= 0.3 is 0 Å². The van der Waals surface area contributed by atoms with Crippen molar-refractivity contribution in [1.29, 1.82) is 0 Å². The van der Waals surface area contributed by atoms with E-state index in [1.54, 1.807) is 17.0 Å². The van der Waals surface area contributed by atoms with E-state index in [1.165, 1.54) is 0 Å². The smallest absolute Gasteiger partial charge is 0.261 e. The summed E-state index contributed by atoms with van der Waals surface area (Å²) in [5.74, 6) is 0.0781. The first kappa shape index (κ1) is 28.7. The largest absolute Gasteiger partial charge is 0.483 e. The summed E-state index contributed by atoms with van der Waals surface area (Å²) in [5.41, 5.74) is 2.54. The highest BCUT2D eigenvalue weighted by molar-refractivity contribution is 9.10. The molecule has 2 amide bonds. The number of nitrogens with one attached hydrogen (secondary N) is 1. The van der Waals surface area contributed by atoms with E-state index in [-0.39, 0.29) is 25.0 Å². The van der Waals surface area contributed by atoms with Gasteiger partial charge < -0.3 is 15.0 Å². The van der Waals surface area contributed by atoms with Crippen LogP contribution in [0.1, 0.15) is 44.4 Å². The second-order valence-electron chi connectivity index (χ2n) is 10.00.